The molecule has 2 aromatic carbocycles. The highest BCUT2D eigenvalue weighted by molar-refractivity contribution is 6.31. The first-order chi connectivity index (χ1) is 11.0. The highest BCUT2D eigenvalue weighted by Gasteiger charge is 2.45. The number of benzene rings is 2. The van der Waals surface area contributed by atoms with E-state index in [9.17, 15) is 8.78 Å². The van der Waals surface area contributed by atoms with E-state index >= 15 is 0 Å². The van der Waals surface area contributed by atoms with E-state index in [0.717, 1.165) is 16.9 Å². The monoisotopic (exact) mass is 336 g/mol. The van der Waals surface area contributed by atoms with Crippen LogP contribution in [-0.2, 0) is 5.41 Å². The summed E-state index contributed by atoms with van der Waals surface area (Å²) < 4.78 is 32.7. The van der Waals surface area contributed by atoms with E-state index in [1.807, 2.05) is 48.5 Å². The molecule has 0 saturated heterocycles. The zero-order chi connectivity index (χ0) is 16.5. The molecule has 0 atom stereocenters. The van der Waals surface area contributed by atoms with Crippen LogP contribution in [0.1, 0.15) is 36.8 Å². The van der Waals surface area contributed by atoms with Gasteiger partial charge in [-0.25, -0.2) is 8.78 Å². The van der Waals surface area contributed by atoms with Crippen LogP contribution >= 0.6 is 11.6 Å². The molecule has 23 heavy (non-hydrogen) atoms. The Bertz CT molecular complexity index is 672. The molecule has 4 heteroatoms. The summed E-state index contributed by atoms with van der Waals surface area (Å²) in [5.74, 6) is -1.83. The van der Waals surface area contributed by atoms with Crippen LogP contribution in [0.3, 0.4) is 0 Å². The van der Waals surface area contributed by atoms with Gasteiger partial charge in [0.25, 0.3) is 0 Å². The molecule has 122 valence electrons. The van der Waals surface area contributed by atoms with Gasteiger partial charge in [0.1, 0.15) is 5.75 Å². The van der Waals surface area contributed by atoms with Gasteiger partial charge in [-0.05, 0) is 42.2 Å². The third kappa shape index (κ3) is 3.07. The molecule has 0 heterocycles. The summed E-state index contributed by atoms with van der Waals surface area (Å²) in [4.78, 5) is 0. The van der Waals surface area contributed by atoms with E-state index in [4.69, 9.17) is 16.3 Å². The molecule has 0 unspecified atom stereocenters. The summed E-state index contributed by atoms with van der Waals surface area (Å²) in [6.07, 6.45) is 0.528. The van der Waals surface area contributed by atoms with Gasteiger partial charge in [-0.3, -0.25) is 0 Å². The molecule has 3 rings (SSSR count). The quantitative estimate of drug-likeness (QED) is 0.683. The molecule has 1 aliphatic rings. The third-order valence-corrected chi connectivity index (χ3v) is 5.20. The van der Waals surface area contributed by atoms with Gasteiger partial charge in [0.05, 0.1) is 7.11 Å². The Morgan fingerprint density at radius 1 is 0.913 bits per heavy atom. The lowest BCUT2D eigenvalue weighted by molar-refractivity contribution is -0.0470. The second-order valence-corrected chi connectivity index (χ2v) is 6.55. The van der Waals surface area contributed by atoms with Gasteiger partial charge < -0.3 is 4.74 Å². The largest absolute Gasteiger partial charge is 0.497 e. The fourth-order valence-electron chi connectivity index (χ4n) is 3.52. The van der Waals surface area contributed by atoms with Crippen LogP contribution in [-0.4, -0.2) is 13.0 Å². The minimum absolute atomic E-state index is 0.121. The predicted molar refractivity (Wildman–Crippen MR) is 88.6 cm³/mol. The standard InChI is InChI=1S/C19H19ClF2O/c1-23-15-8-6-14(7-9-15)18(10-12-19(21,22)13-11-18)16-4-2-3-5-17(16)20/h2-9H,10-13H2,1H3. The Morgan fingerprint density at radius 3 is 2.09 bits per heavy atom. The topological polar surface area (TPSA) is 9.23 Å². The van der Waals surface area contributed by atoms with Gasteiger partial charge in [0.2, 0.25) is 5.92 Å². The first-order valence-corrected chi connectivity index (χ1v) is 8.12. The van der Waals surface area contributed by atoms with Crippen LogP contribution in [0.2, 0.25) is 5.02 Å². The van der Waals surface area contributed by atoms with E-state index in [2.05, 4.69) is 0 Å². The predicted octanol–water partition coefficient (Wildman–Crippen LogP) is 5.84. The summed E-state index contributed by atoms with van der Waals surface area (Å²) in [6.45, 7) is 0. The Labute approximate surface area is 140 Å². The molecule has 0 amide bonds. The maximum Gasteiger partial charge on any atom is 0.248 e. The molecule has 0 aliphatic heterocycles. The Morgan fingerprint density at radius 2 is 1.52 bits per heavy atom. The van der Waals surface area contributed by atoms with Crippen molar-refractivity contribution in [1.29, 1.82) is 0 Å². The van der Waals surface area contributed by atoms with Crippen LogP contribution in [0.25, 0.3) is 0 Å². The van der Waals surface area contributed by atoms with Gasteiger partial charge in [-0.1, -0.05) is 41.9 Å². The minimum Gasteiger partial charge on any atom is -0.497 e. The maximum absolute atomic E-state index is 13.7. The van der Waals surface area contributed by atoms with Crippen molar-refractivity contribution >= 4 is 11.6 Å². The SMILES string of the molecule is COc1ccc(C2(c3ccccc3Cl)CCC(F)(F)CC2)cc1. The Hall–Kier alpha value is -1.61. The smallest absolute Gasteiger partial charge is 0.248 e. The molecule has 1 aliphatic carbocycles. The van der Waals surface area contributed by atoms with Gasteiger partial charge in [-0.15, -0.1) is 0 Å². The number of alkyl halides is 2. The second kappa shape index (κ2) is 6.12. The molecule has 1 saturated carbocycles. The molecular formula is C19H19ClF2O. The summed E-state index contributed by atoms with van der Waals surface area (Å²) >= 11 is 6.41. The average molecular weight is 337 g/mol. The summed E-state index contributed by atoms with van der Waals surface area (Å²) in [6, 6.07) is 15.2. The minimum atomic E-state index is -2.59. The van der Waals surface area contributed by atoms with Gasteiger partial charge >= 0.3 is 0 Å². The van der Waals surface area contributed by atoms with E-state index in [0.29, 0.717) is 17.9 Å². The maximum atomic E-state index is 13.7. The number of hydrogen-bond acceptors (Lipinski definition) is 1. The molecule has 0 radical (unpaired) electrons. The van der Waals surface area contributed by atoms with Crippen molar-refractivity contribution < 1.29 is 13.5 Å². The third-order valence-electron chi connectivity index (χ3n) is 4.87. The van der Waals surface area contributed by atoms with E-state index in [1.54, 1.807) is 7.11 Å². The van der Waals surface area contributed by atoms with E-state index < -0.39 is 11.3 Å². The summed E-state index contributed by atoms with van der Waals surface area (Å²) in [7, 11) is 1.61. The highest BCUT2D eigenvalue weighted by Crippen LogP contribution is 2.51. The fraction of sp³-hybridized carbons (Fsp3) is 0.368. The first-order valence-electron chi connectivity index (χ1n) is 7.74. The summed E-state index contributed by atoms with van der Waals surface area (Å²) in [5.41, 5.74) is 1.48. The van der Waals surface area contributed by atoms with Crippen molar-refractivity contribution in [2.45, 2.75) is 37.0 Å². The molecule has 0 N–H and O–H groups in total. The molecule has 1 nitrogen and oxygen atoms in total. The molecule has 0 aromatic heterocycles. The van der Waals surface area contributed by atoms with Gasteiger partial charge in [-0.2, -0.15) is 0 Å². The lowest BCUT2D eigenvalue weighted by atomic mass is 9.64. The molecular weight excluding hydrogens is 318 g/mol. The van der Waals surface area contributed by atoms with Crippen molar-refractivity contribution in [3.05, 3.63) is 64.7 Å². The number of hydrogen-bond donors (Lipinski definition) is 0. The van der Waals surface area contributed by atoms with Crippen LogP contribution in [0, 0.1) is 0 Å². The normalized spacial score (nSPS) is 19.3. The van der Waals surface area contributed by atoms with Crippen LogP contribution in [0.15, 0.2) is 48.5 Å². The van der Waals surface area contributed by atoms with Gasteiger partial charge in [0, 0.05) is 23.3 Å². The van der Waals surface area contributed by atoms with Crippen LogP contribution < -0.4 is 4.74 Å². The van der Waals surface area contributed by atoms with Crippen molar-refractivity contribution in [2.24, 2.45) is 0 Å². The van der Waals surface area contributed by atoms with Crippen molar-refractivity contribution in [1.82, 2.24) is 0 Å². The van der Waals surface area contributed by atoms with E-state index in [-0.39, 0.29) is 12.8 Å². The van der Waals surface area contributed by atoms with Crippen molar-refractivity contribution in [3.63, 3.8) is 0 Å². The van der Waals surface area contributed by atoms with Crippen molar-refractivity contribution in [3.8, 4) is 5.75 Å². The van der Waals surface area contributed by atoms with Gasteiger partial charge in [0.15, 0.2) is 0 Å². The Balaban J connectivity index is 2.09. The molecule has 0 spiro atoms. The number of halogens is 3. The fourth-order valence-corrected chi connectivity index (χ4v) is 3.83. The van der Waals surface area contributed by atoms with Crippen LogP contribution in [0.4, 0.5) is 8.78 Å². The number of methoxy groups -OCH3 is 1. The first kappa shape index (κ1) is 16.3. The number of rotatable bonds is 3. The van der Waals surface area contributed by atoms with Crippen molar-refractivity contribution in [2.75, 3.05) is 7.11 Å². The molecule has 0 bridgehead atoms. The zero-order valence-electron chi connectivity index (χ0n) is 13.0. The number of ether oxygens (including phenoxy) is 1. The molecule has 1 fully saturated rings. The zero-order valence-corrected chi connectivity index (χ0v) is 13.7. The van der Waals surface area contributed by atoms with E-state index in [1.165, 1.54) is 0 Å². The Kier molecular flexibility index (Phi) is 4.33. The lowest BCUT2D eigenvalue weighted by Crippen LogP contribution is -2.37. The molecule has 2 aromatic rings. The second-order valence-electron chi connectivity index (χ2n) is 6.15. The van der Waals surface area contributed by atoms with Crippen LogP contribution in [0.5, 0.6) is 5.75 Å². The average Bonchev–Trinajstić information content (AvgIpc) is 2.56. The summed E-state index contributed by atoms with van der Waals surface area (Å²) in [5, 5.41) is 0.633. The highest BCUT2D eigenvalue weighted by atomic mass is 35.5. The lowest BCUT2D eigenvalue weighted by Gasteiger charge is -2.41.